The van der Waals surface area contributed by atoms with Gasteiger partial charge in [-0.15, -0.1) is 0 Å². The summed E-state index contributed by atoms with van der Waals surface area (Å²) in [6, 6.07) is 5.22. The highest BCUT2D eigenvalue weighted by Gasteiger charge is 2.11. The van der Waals surface area contributed by atoms with Gasteiger partial charge in [-0.1, -0.05) is 22.0 Å². The molecule has 0 saturated heterocycles. The third-order valence-corrected chi connectivity index (χ3v) is 2.94. The second kappa shape index (κ2) is 6.38. The molecular formula is C12H12BrNO3. The molecule has 0 amide bonds. The number of halogens is 1. The molecule has 0 saturated carbocycles. The SMILES string of the molecule is CCOC(=O)Cc1cc(CO)c(C#N)cc1Br. The number of ether oxygens (including phenoxy) is 1. The number of aliphatic hydroxyl groups is 1. The van der Waals surface area contributed by atoms with Crippen molar-refractivity contribution in [2.75, 3.05) is 6.61 Å². The summed E-state index contributed by atoms with van der Waals surface area (Å²) in [6.45, 7) is 1.84. The highest BCUT2D eigenvalue weighted by Crippen LogP contribution is 2.23. The molecular weight excluding hydrogens is 286 g/mol. The van der Waals surface area contributed by atoms with Gasteiger partial charge in [-0.3, -0.25) is 4.79 Å². The second-order valence-corrected chi connectivity index (χ2v) is 4.21. The summed E-state index contributed by atoms with van der Waals surface area (Å²) in [5.74, 6) is -0.332. The number of benzene rings is 1. The maximum Gasteiger partial charge on any atom is 0.310 e. The zero-order valence-corrected chi connectivity index (χ0v) is 11.0. The summed E-state index contributed by atoms with van der Waals surface area (Å²) in [4.78, 5) is 11.3. The minimum absolute atomic E-state index is 0.118. The number of rotatable bonds is 4. The van der Waals surface area contributed by atoms with Crippen molar-refractivity contribution in [3.63, 3.8) is 0 Å². The van der Waals surface area contributed by atoms with E-state index in [1.807, 2.05) is 6.07 Å². The quantitative estimate of drug-likeness (QED) is 0.862. The van der Waals surface area contributed by atoms with Gasteiger partial charge >= 0.3 is 5.97 Å². The predicted octanol–water partition coefficient (Wildman–Crippen LogP) is 1.92. The van der Waals surface area contributed by atoms with Crippen LogP contribution in [0.25, 0.3) is 0 Å². The molecule has 17 heavy (non-hydrogen) atoms. The van der Waals surface area contributed by atoms with Crippen LogP contribution in [0.3, 0.4) is 0 Å². The Morgan fingerprint density at radius 2 is 2.24 bits per heavy atom. The van der Waals surface area contributed by atoms with Gasteiger partial charge in [0.15, 0.2) is 0 Å². The summed E-state index contributed by atoms with van der Waals surface area (Å²) >= 11 is 3.29. The van der Waals surface area contributed by atoms with Crippen molar-refractivity contribution < 1.29 is 14.6 Å². The molecule has 1 aromatic carbocycles. The van der Waals surface area contributed by atoms with Crippen molar-refractivity contribution in [2.24, 2.45) is 0 Å². The Morgan fingerprint density at radius 3 is 2.76 bits per heavy atom. The third kappa shape index (κ3) is 3.55. The molecule has 4 nitrogen and oxygen atoms in total. The lowest BCUT2D eigenvalue weighted by Gasteiger charge is -2.08. The highest BCUT2D eigenvalue weighted by molar-refractivity contribution is 9.10. The van der Waals surface area contributed by atoms with E-state index in [9.17, 15) is 4.79 Å². The molecule has 1 N–H and O–H groups in total. The lowest BCUT2D eigenvalue weighted by atomic mass is 10.0. The topological polar surface area (TPSA) is 70.3 Å². The van der Waals surface area contributed by atoms with E-state index in [2.05, 4.69) is 15.9 Å². The number of aliphatic hydroxyl groups excluding tert-OH is 1. The summed E-state index contributed by atoms with van der Waals surface area (Å²) in [5, 5.41) is 18.0. The molecule has 0 bridgehead atoms. The number of carbonyl (C=O) groups is 1. The molecule has 0 heterocycles. The minimum Gasteiger partial charge on any atom is -0.466 e. The molecule has 0 atom stereocenters. The zero-order chi connectivity index (χ0) is 12.8. The summed E-state index contributed by atoms with van der Waals surface area (Å²) in [7, 11) is 0. The van der Waals surface area contributed by atoms with Gasteiger partial charge in [0.2, 0.25) is 0 Å². The maximum absolute atomic E-state index is 11.3. The van der Waals surface area contributed by atoms with Gasteiger partial charge in [0, 0.05) is 4.47 Å². The van der Waals surface area contributed by atoms with Crippen LogP contribution in [-0.4, -0.2) is 17.7 Å². The van der Waals surface area contributed by atoms with Gasteiger partial charge in [-0.05, 0) is 24.1 Å². The first-order chi connectivity index (χ1) is 8.12. The van der Waals surface area contributed by atoms with Gasteiger partial charge < -0.3 is 9.84 Å². The molecule has 0 fully saturated rings. The summed E-state index contributed by atoms with van der Waals surface area (Å²) in [6.07, 6.45) is 0.118. The third-order valence-electron chi connectivity index (χ3n) is 2.20. The first-order valence-corrected chi connectivity index (χ1v) is 5.89. The maximum atomic E-state index is 11.3. The van der Waals surface area contributed by atoms with Crippen molar-refractivity contribution >= 4 is 21.9 Å². The fourth-order valence-electron chi connectivity index (χ4n) is 1.41. The predicted molar refractivity (Wildman–Crippen MR) is 65.1 cm³/mol. The van der Waals surface area contributed by atoms with E-state index in [4.69, 9.17) is 15.1 Å². The number of hydrogen-bond donors (Lipinski definition) is 1. The highest BCUT2D eigenvalue weighted by atomic mass is 79.9. The van der Waals surface area contributed by atoms with Crippen molar-refractivity contribution in [1.29, 1.82) is 5.26 Å². The zero-order valence-electron chi connectivity index (χ0n) is 9.36. The number of nitriles is 1. The Morgan fingerprint density at radius 1 is 1.53 bits per heavy atom. The van der Waals surface area contributed by atoms with Gasteiger partial charge in [-0.2, -0.15) is 5.26 Å². The van der Waals surface area contributed by atoms with E-state index in [-0.39, 0.29) is 19.0 Å². The number of nitrogens with zero attached hydrogens (tertiary/aromatic N) is 1. The summed E-state index contributed by atoms with van der Waals surface area (Å²) < 4.78 is 5.51. The van der Waals surface area contributed by atoms with E-state index in [1.54, 1.807) is 19.1 Å². The lowest BCUT2D eigenvalue weighted by Crippen LogP contribution is -2.08. The normalized spacial score (nSPS) is 9.76. The lowest BCUT2D eigenvalue weighted by molar-refractivity contribution is -0.142. The Labute approximate surface area is 108 Å². The molecule has 5 heteroatoms. The Balaban J connectivity index is 3.01. The molecule has 90 valence electrons. The van der Waals surface area contributed by atoms with Gasteiger partial charge in [0.1, 0.15) is 0 Å². The standard InChI is InChI=1S/C12H12BrNO3/c1-2-17-12(16)5-8-3-10(7-15)9(6-14)4-11(8)13/h3-4,15H,2,5,7H2,1H3. The molecule has 1 rings (SSSR count). The molecule has 1 aromatic rings. The van der Waals surface area contributed by atoms with Crippen LogP contribution in [0.1, 0.15) is 23.6 Å². The van der Waals surface area contributed by atoms with Crippen molar-refractivity contribution in [2.45, 2.75) is 20.0 Å². The summed E-state index contributed by atoms with van der Waals surface area (Å²) in [5.41, 5.74) is 1.61. The van der Waals surface area contributed by atoms with E-state index >= 15 is 0 Å². The van der Waals surface area contributed by atoms with E-state index < -0.39 is 0 Å². The van der Waals surface area contributed by atoms with Crippen LogP contribution in [0, 0.1) is 11.3 Å². The molecule has 0 aliphatic heterocycles. The van der Waals surface area contributed by atoms with E-state index in [0.717, 1.165) is 0 Å². The number of esters is 1. The first-order valence-electron chi connectivity index (χ1n) is 5.10. The van der Waals surface area contributed by atoms with E-state index in [0.29, 0.717) is 27.8 Å². The molecule has 0 aliphatic carbocycles. The Kier molecular flexibility index (Phi) is 5.13. The van der Waals surface area contributed by atoms with Crippen LogP contribution in [0.5, 0.6) is 0 Å². The van der Waals surface area contributed by atoms with Crippen LogP contribution in [-0.2, 0) is 22.6 Å². The average molecular weight is 298 g/mol. The Hall–Kier alpha value is -1.38. The molecule has 0 aliphatic rings. The fraction of sp³-hybridized carbons (Fsp3) is 0.333. The minimum atomic E-state index is -0.332. The van der Waals surface area contributed by atoms with Crippen LogP contribution in [0.15, 0.2) is 16.6 Å². The number of hydrogen-bond acceptors (Lipinski definition) is 4. The van der Waals surface area contributed by atoms with Gasteiger partial charge in [-0.25, -0.2) is 0 Å². The van der Waals surface area contributed by atoms with E-state index in [1.165, 1.54) is 0 Å². The second-order valence-electron chi connectivity index (χ2n) is 3.35. The van der Waals surface area contributed by atoms with Gasteiger partial charge in [0.05, 0.1) is 31.3 Å². The average Bonchev–Trinajstić information content (AvgIpc) is 2.31. The molecule has 0 radical (unpaired) electrons. The van der Waals surface area contributed by atoms with Crippen molar-refractivity contribution in [1.82, 2.24) is 0 Å². The number of carbonyl (C=O) groups excluding carboxylic acids is 1. The van der Waals surface area contributed by atoms with Crippen molar-refractivity contribution in [3.8, 4) is 6.07 Å². The van der Waals surface area contributed by atoms with Crippen LogP contribution in [0.4, 0.5) is 0 Å². The monoisotopic (exact) mass is 297 g/mol. The largest absolute Gasteiger partial charge is 0.466 e. The van der Waals surface area contributed by atoms with Crippen molar-refractivity contribution in [3.05, 3.63) is 33.3 Å². The van der Waals surface area contributed by atoms with Crippen LogP contribution in [0.2, 0.25) is 0 Å². The Bertz CT molecular complexity index is 466. The fourth-order valence-corrected chi connectivity index (χ4v) is 1.89. The molecule has 0 aromatic heterocycles. The smallest absolute Gasteiger partial charge is 0.310 e. The molecule has 0 unspecified atom stereocenters. The van der Waals surface area contributed by atoms with Crippen LogP contribution < -0.4 is 0 Å². The van der Waals surface area contributed by atoms with Crippen LogP contribution >= 0.6 is 15.9 Å². The first kappa shape index (κ1) is 13.7. The molecule has 0 spiro atoms. The van der Waals surface area contributed by atoms with Gasteiger partial charge in [0.25, 0.3) is 0 Å².